The highest BCUT2D eigenvalue weighted by Crippen LogP contribution is 2.37. The average molecular weight is 443 g/mol. The number of carbonyl (C=O) groups excluding carboxylic acids is 1. The molecule has 1 aromatic carbocycles. The van der Waals surface area contributed by atoms with Crippen LogP contribution in [-0.2, 0) is 35.9 Å². The molecular weight excluding hydrogens is 420 g/mol. The zero-order chi connectivity index (χ0) is 21.4. The van der Waals surface area contributed by atoms with E-state index in [0.717, 1.165) is 24.6 Å². The molecule has 0 bridgehead atoms. The molecule has 0 aliphatic carbocycles. The summed E-state index contributed by atoms with van der Waals surface area (Å²) >= 11 is 11.4. The molecule has 1 atom stereocenters. The molecule has 4 rings (SSSR count). The van der Waals surface area contributed by atoms with Crippen molar-refractivity contribution in [3.63, 3.8) is 0 Å². The van der Waals surface area contributed by atoms with Crippen LogP contribution in [0.4, 0.5) is 8.78 Å². The maximum absolute atomic E-state index is 14.5. The van der Waals surface area contributed by atoms with E-state index in [1.807, 2.05) is 0 Å². The molecule has 1 saturated heterocycles. The number of rotatable bonds is 4. The lowest BCUT2D eigenvalue weighted by atomic mass is 9.95. The Bertz CT molecular complexity index is 1040. The lowest BCUT2D eigenvalue weighted by Gasteiger charge is -2.23. The van der Waals surface area contributed by atoms with Crippen LogP contribution in [0.5, 0.6) is 0 Å². The van der Waals surface area contributed by atoms with E-state index in [1.54, 1.807) is 9.13 Å². The smallest absolute Gasteiger partial charge is 0.226 e. The third-order valence-corrected chi connectivity index (χ3v) is 6.42. The van der Waals surface area contributed by atoms with Gasteiger partial charge in [0.2, 0.25) is 5.91 Å². The van der Waals surface area contributed by atoms with E-state index in [2.05, 4.69) is 5.32 Å². The van der Waals surface area contributed by atoms with Crippen molar-refractivity contribution in [2.45, 2.75) is 44.2 Å². The van der Waals surface area contributed by atoms with E-state index in [0.29, 0.717) is 30.1 Å². The predicted octanol–water partition coefficient (Wildman–Crippen LogP) is 3.67. The minimum atomic E-state index is -0.759. The number of nitrogens with zero attached hydrogens (tertiary/aromatic N) is 2. The largest absolute Gasteiger partial charge is 0.381 e. The lowest BCUT2D eigenvalue weighted by molar-refractivity contribution is -0.121. The Morgan fingerprint density at radius 2 is 2.17 bits per heavy atom. The Kier molecular flexibility index (Phi) is 5.41. The fourth-order valence-corrected chi connectivity index (χ4v) is 4.66. The zero-order valence-corrected chi connectivity index (χ0v) is 17.3. The molecular formula is C20H22ClF2N3O2S. The molecule has 1 amide bonds. The Morgan fingerprint density at radius 1 is 1.41 bits per heavy atom. The molecule has 2 aliphatic heterocycles. The molecule has 1 N–H and O–H groups in total. The van der Waals surface area contributed by atoms with E-state index in [4.69, 9.17) is 29.9 Å². The van der Waals surface area contributed by atoms with Crippen molar-refractivity contribution in [2.24, 2.45) is 7.02 Å². The van der Waals surface area contributed by atoms with Crippen LogP contribution >= 0.6 is 23.8 Å². The summed E-state index contributed by atoms with van der Waals surface area (Å²) in [7, 11) is -0.122. The van der Waals surface area contributed by atoms with Gasteiger partial charge in [0.25, 0.3) is 0 Å². The number of halogens is 3. The summed E-state index contributed by atoms with van der Waals surface area (Å²) in [6, 6.07) is 2.43. The fraction of sp³-hybridized carbons (Fsp3) is 0.500. The molecule has 0 spiro atoms. The maximum atomic E-state index is 14.5. The summed E-state index contributed by atoms with van der Waals surface area (Å²) in [6.07, 6.45) is 1.92. The van der Waals surface area contributed by atoms with E-state index >= 15 is 0 Å². The second-order valence-electron chi connectivity index (χ2n) is 7.50. The van der Waals surface area contributed by atoms with Crippen molar-refractivity contribution in [3.05, 3.63) is 50.5 Å². The first-order valence-electron chi connectivity index (χ1n) is 10.2. The van der Waals surface area contributed by atoms with E-state index in [9.17, 15) is 13.6 Å². The maximum Gasteiger partial charge on any atom is 0.226 e. The summed E-state index contributed by atoms with van der Waals surface area (Å²) in [5.41, 5.74) is 1.32. The third kappa shape index (κ3) is 3.85. The number of carbonyl (C=O) groups is 1. The van der Waals surface area contributed by atoms with Gasteiger partial charge in [0, 0.05) is 57.1 Å². The number of aromatic nitrogens is 2. The molecule has 0 radical (unpaired) electrons. The Hall–Kier alpha value is -1.77. The SMILES string of the molecule is [2H]Cn1c(CC(=O)NC2CCOCC2)c2n(c1=S)C[C@H](c1c(F)ccc(Cl)c1F)C2. The second-order valence-corrected chi connectivity index (χ2v) is 8.28. The highest BCUT2D eigenvalue weighted by atomic mass is 35.5. The highest BCUT2D eigenvalue weighted by molar-refractivity contribution is 7.71. The standard InChI is InChI=1S/C20H22ClF2N3O2S/c1-25-15(9-17(27)24-12-4-6-28-7-5-12)16-8-11(10-26(16)20(25)29)18-14(22)3-2-13(21)19(18)23/h2-3,11-12H,4-10H2,1H3,(H,24,27)/t11-/m1/s1/i1D. The van der Waals surface area contributed by atoms with Crippen molar-refractivity contribution in [2.75, 3.05) is 13.2 Å². The molecule has 5 nitrogen and oxygen atoms in total. The summed E-state index contributed by atoms with van der Waals surface area (Å²) < 4.78 is 45.9. The quantitative estimate of drug-likeness (QED) is 0.580. The molecule has 0 saturated carbocycles. The van der Waals surface area contributed by atoms with Gasteiger partial charge in [0.15, 0.2) is 4.77 Å². The van der Waals surface area contributed by atoms with Gasteiger partial charge in [-0.2, -0.15) is 0 Å². The lowest BCUT2D eigenvalue weighted by Crippen LogP contribution is -2.40. The minimum Gasteiger partial charge on any atom is -0.381 e. The first kappa shape index (κ1) is 19.2. The molecule has 0 unspecified atom stereocenters. The van der Waals surface area contributed by atoms with Crippen LogP contribution in [-0.4, -0.2) is 34.3 Å². The Morgan fingerprint density at radius 3 is 2.90 bits per heavy atom. The number of ether oxygens (including phenoxy) is 1. The number of hydrogen-bond acceptors (Lipinski definition) is 3. The molecule has 1 aromatic heterocycles. The first-order valence-corrected chi connectivity index (χ1v) is 10.3. The van der Waals surface area contributed by atoms with Gasteiger partial charge in [0.05, 0.1) is 11.4 Å². The van der Waals surface area contributed by atoms with Crippen molar-refractivity contribution >= 4 is 29.7 Å². The molecule has 9 heteroatoms. The van der Waals surface area contributed by atoms with Crippen LogP contribution in [0.2, 0.25) is 5.02 Å². The molecule has 156 valence electrons. The number of nitrogens with one attached hydrogen (secondary N) is 1. The highest BCUT2D eigenvalue weighted by Gasteiger charge is 2.33. The summed E-state index contributed by atoms with van der Waals surface area (Å²) in [5, 5.41) is 2.89. The van der Waals surface area contributed by atoms with Crippen LogP contribution in [0.25, 0.3) is 0 Å². The van der Waals surface area contributed by atoms with Crippen molar-refractivity contribution in [1.29, 1.82) is 0 Å². The summed E-state index contributed by atoms with van der Waals surface area (Å²) in [6.45, 7) is 1.52. The van der Waals surface area contributed by atoms with Gasteiger partial charge in [-0.05, 0) is 43.6 Å². The molecule has 1 fully saturated rings. The van der Waals surface area contributed by atoms with Gasteiger partial charge in [-0.3, -0.25) is 4.79 Å². The average Bonchev–Trinajstić information content (AvgIpc) is 3.25. The van der Waals surface area contributed by atoms with E-state index in [-0.39, 0.29) is 42.5 Å². The molecule has 2 aliphatic rings. The van der Waals surface area contributed by atoms with Gasteiger partial charge in [0.1, 0.15) is 11.6 Å². The molecule has 3 heterocycles. The first-order chi connectivity index (χ1) is 14.4. The van der Waals surface area contributed by atoms with Crippen molar-refractivity contribution in [3.8, 4) is 0 Å². The van der Waals surface area contributed by atoms with Crippen molar-refractivity contribution in [1.82, 2.24) is 14.5 Å². The normalized spacial score (nSPS) is 19.8. The fourth-order valence-electron chi connectivity index (χ4n) is 4.20. The van der Waals surface area contributed by atoms with Gasteiger partial charge in [-0.25, -0.2) is 8.78 Å². The van der Waals surface area contributed by atoms with Crippen molar-refractivity contribution < 1.29 is 19.7 Å². The van der Waals surface area contributed by atoms with Crippen LogP contribution in [0, 0.1) is 16.4 Å². The van der Waals surface area contributed by atoms with Gasteiger partial charge >= 0.3 is 0 Å². The number of amides is 1. The van der Waals surface area contributed by atoms with Crippen LogP contribution in [0.1, 0.15) is 37.1 Å². The predicted molar refractivity (Wildman–Crippen MR) is 108 cm³/mol. The van der Waals surface area contributed by atoms with Crippen LogP contribution < -0.4 is 5.32 Å². The number of benzene rings is 1. The van der Waals surface area contributed by atoms with Crippen LogP contribution in [0.3, 0.4) is 0 Å². The molecule has 29 heavy (non-hydrogen) atoms. The number of fused-ring (bicyclic) bond motifs is 1. The number of imidazole rings is 1. The van der Waals surface area contributed by atoms with E-state index in [1.165, 1.54) is 6.07 Å². The summed E-state index contributed by atoms with van der Waals surface area (Å²) in [4.78, 5) is 12.7. The number of hydrogen-bond donors (Lipinski definition) is 1. The van der Waals surface area contributed by atoms with Gasteiger partial charge in [-0.15, -0.1) is 0 Å². The van der Waals surface area contributed by atoms with Crippen LogP contribution in [0.15, 0.2) is 12.1 Å². The topological polar surface area (TPSA) is 48.2 Å². The monoisotopic (exact) mass is 442 g/mol. The third-order valence-electron chi connectivity index (χ3n) is 5.69. The van der Waals surface area contributed by atoms with Gasteiger partial charge in [-0.1, -0.05) is 11.6 Å². The minimum absolute atomic E-state index is 0.0596. The summed E-state index contributed by atoms with van der Waals surface area (Å²) in [5.74, 6) is -2.04. The Labute approximate surface area is 179 Å². The van der Waals surface area contributed by atoms with Gasteiger partial charge < -0.3 is 19.2 Å². The second kappa shape index (κ2) is 8.16. The van der Waals surface area contributed by atoms with E-state index < -0.39 is 17.6 Å². The zero-order valence-electron chi connectivity index (χ0n) is 16.7. The Balaban J connectivity index is 1.60. The molecule has 2 aromatic rings.